The Balaban J connectivity index is 1.88. The Bertz CT molecular complexity index is 572. The summed E-state index contributed by atoms with van der Waals surface area (Å²) in [7, 11) is 0. The lowest BCUT2D eigenvalue weighted by molar-refractivity contribution is -0.384. The van der Waals surface area contributed by atoms with Crippen LogP contribution in [0.3, 0.4) is 0 Å². The standard InChI is InChI=1S/C14H16N2O5/c17-13(10-4-5-11(7-10)14(18)19)15-8-9-2-1-3-12(6-9)16(20)21/h1-3,6,10-11H,4-5,7-8H2,(H,15,17)(H,18,19). The molecule has 1 fully saturated rings. The van der Waals surface area contributed by atoms with Gasteiger partial charge in [-0.3, -0.25) is 19.7 Å². The molecule has 1 saturated carbocycles. The van der Waals surface area contributed by atoms with E-state index in [2.05, 4.69) is 5.32 Å². The second-order valence-electron chi connectivity index (χ2n) is 5.19. The van der Waals surface area contributed by atoms with Gasteiger partial charge in [-0.2, -0.15) is 0 Å². The number of nitrogens with one attached hydrogen (secondary N) is 1. The number of nitro benzene ring substituents is 1. The Labute approximate surface area is 121 Å². The number of non-ortho nitro benzene ring substituents is 1. The van der Waals surface area contributed by atoms with Crippen molar-refractivity contribution in [2.45, 2.75) is 25.8 Å². The first kappa shape index (κ1) is 15.0. The highest BCUT2D eigenvalue weighted by Gasteiger charge is 2.33. The molecule has 0 saturated heterocycles. The van der Waals surface area contributed by atoms with Crippen molar-refractivity contribution in [3.63, 3.8) is 0 Å². The maximum Gasteiger partial charge on any atom is 0.306 e. The van der Waals surface area contributed by atoms with Gasteiger partial charge >= 0.3 is 5.97 Å². The molecule has 1 aromatic carbocycles. The number of rotatable bonds is 5. The van der Waals surface area contributed by atoms with E-state index in [0.717, 1.165) is 0 Å². The number of hydrogen-bond acceptors (Lipinski definition) is 4. The van der Waals surface area contributed by atoms with E-state index in [1.807, 2.05) is 0 Å². The summed E-state index contributed by atoms with van der Waals surface area (Å²) in [6.07, 6.45) is 1.44. The third-order valence-corrected chi connectivity index (χ3v) is 3.74. The van der Waals surface area contributed by atoms with Crippen LogP contribution in [0.5, 0.6) is 0 Å². The quantitative estimate of drug-likeness (QED) is 0.634. The zero-order valence-electron chi connectivity index (χ0n) is 11.3. The van der Waals surface area contributed by atoms with E-state index in [9.17, 15) is 19.7 Å². The third kappa shape index (κ3) is 3.77. The second kappa shape index (κ2) is 6.34. The average molecular weight is 292 g/mol. The lowest BCUT2D eigenvalue weighted by Crippen LogP contribution is -2.29. The van der Waals surface area contributed by atoms with E-state index in [-0.39, 0.29) is 24.1 Å². The molecule has 0 aromatic heterocycles. The lowest BCUT2D eigenvalue weighted by atomic mass is 10.0. The van der Waals surface area contributed by atoms with Gasteiger partial charge in [0.2, 0.25) is 5.91 Å². The van der Waals surface area contributed by atoms with Crippen LogP contribution in [0.25, 0.3) is 0 Å². The van der Waals surface area contributed by atoms with Crippen LogP contribution in [0.2, 0.25) is 0 Å². The van der Waals surface area contributed by atoms with Crippen LogP contribution in [0.15, 0.2) is 24.3 Å². The zero-order valence-corrected chi connectivity index (χ0v) is 11.3. The molecule has 112 valence electrons. The number of nitro groups is 1. The number of aliphatic carboxylic acids is 1. The third-order valence-electron chi connectivity index (χ3n) is 3.74. The molecule has 7 nitrogen and oxygen atoms in total. The number of amides is 1. The van der Waals surface area contributed by atoms with E-state index in [4.69, 9.17) is 5.11 Å². The van der Waals surface area contributed by atoms with Crippen molar-refractivity contribution in [2.75, 3.05) is 0 Å². The van der Waals surface area contributed by atoms with Crippen molar-refractivity contribution in [1.29, 1.82) is 0 Å². The minimum atomic E-state index is -0.857. The van der Waals surface area contributed by atoms with Crippen LogP contribution < -0.4 is 5.32 Å². The number of nitrogens with zero attached hydrogens (tertiary/aromatic N) is 1. The Kier molecular flexibility index (Phi) is 4.52. The fourth-order valence-corrected chi connectivity index (χ4v) is 2.56. The van der Waals surface area contributed by atoms with Gasteiger partial charge in [0.15, 0.2) is 0 Å². The van der Waals surface area contributed by atoms with E-state index in [0.29, 0.717) is 24.8 Å². The molecule has 0 heterocycles. The molecule has 7 heteroatoms. The van der Waals surface area contributed by atoms with Crippen molar-refractivity contribution in [1.82, 2.24) is 5.32 Å². The minimum absolute atomic E-state index is 0.0199. The lowest BCUT2D eigenvalue weighted by Gasteiger charge is -2.10. The molecular formula is C14H16N2O5. The van der Waals surface area contributed by atoms with Gasteiger partial charge in [0.1, 0.15) is 0 Å². The molecule has 2 atom stereocenters. The Morgan fingerprint density at radius 1 is 1.33 bits per heavy atom. The summed E-state index contributed by atoms with van der Waals surface area (Å²) in [4.78, 5) is 33.0. The van der Waals surface area contributed by atoms with Crippen molar-refractivity contribution in [3.05, 3.63) is 39.9 Å². The van der Waals surface area contributed by atoms with Crippen LogP contribution in [-0.4, -0.2) is 21.9 Å². The van der Waals surface area contributed by atoms with Crippen LogP contribution >= 0.6 is 0 Å². The molecule has 1 aliphatic rings. The Morgan fingerprint density at radius 3 is 2.67 bits per heavy atom. The molecule has 2 unspecified atom stereocenters. The Hall–Kier alpha value is -2.44. The zero-order chi connectivity index (χ0) is 15.4. The van der Waals surface area contributed by atoms with Gasteiger partial charge in [-0.15, -0.1) is 0 Å². The number of benzene rings is 1. The first-order chi connectivity index (χ1) is 9.97. The maximum absolute atomic E-state index is 12.0. The molecule has 0 radical (unpaired) electrons. The molecule has 21 heavy (non-hydrogen) atoms. The summed E-state index contributed by atoms with van der Waals surface area (Å²) in [5.41, 5.74) is 0.624. The van der Waals surface area contributed by atoms with Gasteiger partial charge in [0.05, 0.1) is 10.8 Å². The molecule has 1 aliphatic carbocycles. The average Bonchev–Trinajstić information content (AvgIpc) is 2.95. The summed E-state index contributed by atoms with van der Waals surface area (Å²) in [5, 5.41) is 22.3. The minimum Gasteiger partial charge on any atom is -0.481 e. The van der Waals surface area contributed by atoms with Crippen molar-refractivity contribution in [3.8, 4) is 0 Å². The van der Waals surface area contributed by atoms with Gasteiger partial charge < -0.3 is 10.4 Å². The smallest absolute Gasteiger partial charge is 0.306 e. The highest BCUT2D eigenvalue weighted by Crippen LogP contribution is 2.31. The monoisotopic (exact) mass is 292 g/mol. The highest BCUT2D eigenvalue weighted by molar-refractivity contribution is 5.80. The Morgan fingerprint density at radius 2 is 2.05 bits per heavy atom. The van der Waals surface area contributed by atoms with Crippen LogP contribution in [0.1, 0.15) is 24.8 Å². The molecule has 1 amide bonds. The molecule has 1 aromatic rings. The molecule has 2 rings (SSSR count). The normalized spacial score (nSPS) is 21.0. The first-order valence-electron chi connectivity index (χ1n) is 6.71. The number of carbonyl (C=O) groups excluding carboxylic acids is 1. The fourth-order valence-electron chi connectivity index (χ4n) is 2.56. The van der Waals surface area contributed by atoms with Gasteiger partial charge in [-0.1, -0.05) is 12.1 Å². The maximum atomic E-state index is 12.0. The summed E-state index contributed by atoms with van der Waals surface area (Å²) in [6.45, 7) is 0.203. The topological polar surface area (TPSA) is 110 Å². The summed E-state index contributed by atoms with van der Waals surface area (Å²) < 4.78 is 0. The fraction of sp³-hybridized carbons (Fsp3) is 0.429. The van der Waals surface area contributed by atoms with Crippen LogP contribution in [0.4, 0.5) is 5.69 Å². The predicted molar refractivity (Wildman–Crippen MR) is 73.4 cm³/mol. The van der Waals surface area contributed by atoms with Crippen LogP contribution in [-0.2, 0) is 16.1 Å². The highest BCUT2D eigenvalue weighted by atomic mass is 16.6. The van der Waals surface area contributed by atoms with E-state index in [1.54, 1.807) is 12.1 Å². The van der Waals surface area contributed by atoms with Gasteiger partial charge in [-0.25, -0.2) is 0 Å². The van der Waals surface area contributed by atoms with Crippen molar-refractivity contribution < 1.29 is 19.6 Å². The number of carboxylic acid groups (broad SMARTS) is 1. The SMILES string of the molecule is O=C(O)C1CCC(C(=O)NCc2cccc([N+](=O)[O-])c2)C1. The van der Waals surface area contributed by atoms with Crippen LogP contribution in [0, 0.1) is 22.0 Å². The van der Waals surface area contributed by atoms with Gasteiger partial charge in [0, 0.05) is 24.6 Å². The van der Waals surface area contributed by atoms with Gasteiger partial charge in [-0.05, 0) is 24.8 Å². The molecule has 2 N–H and O–H groups in total. The molecule has 0 spiro atoms. The number of carboxylic acids is 1. The first-order valence-corrected chi connectivity index (χ1v) is 6.71. The van der Waals surface area contributed by atoms with Crippen molar-refractivity contribution >= 4 is 17.6 Å². The summed E-state index contributed by atoms with van der Waals surface area (Å²) in [5.74, 6) is -1.78. The second-order valence-corrected chi connectivity index (χ2v) is 5.19. The largest absolute Gasteiger partial charge is 0.481 e. The van der Waals surface area contributed by atoms with Crippen molar-refractivity contribution in [2.24, 2.45) is 11.8 Å². The van der Waals surface area contributed by atoms with E-state index in [1.165, 1.54) is 12.1 Å². The molecule has 0 aliphatic heterocycles. The van der Waals surface area contributed by atoms with E-state index >= 15 is 0 Å². The summed E-state index contributed by atoms with van der Waals surface area (Å²) in [6, 6.07) is 6.06. The van der Waals surface area contributed by atoms with Gasteiger partial charge in [0.25, 0.3) is 5.69 Å². The molecular weight excluding hydrogens is 276 g/mol. The summed E-state index contributed by atoms with van der Waals surface area (Å²) >= 11 is 0. The number of hydrogen-bond donors (Lipinski definition) is 2. The number of carbonyl (C=O) groups is 2. The molecule has 0 bridgehead atoms. The van der Waals surface area contributed by atoms with E-state index < -0.39 is 16.8 Å². The predicted octanol–water partition coefficient (Wildman–Crippen LogP) is 1.71.